The maximum absolute atomic E-state index is 13.1. The number of fused-ring (bicyclic) bond motifs is 1. The van der Waals surface area contributed by atoms with Crippen molar-refractivity contribution < 1.29 is 0 Å². The minimum absolute atomic E-state index is 0.0299. The van der Waals surface area contributed by atoms with Crippen molar-refractivity contribution in [3.63, 3.8) is 0 Å². The summed E-state index contributed by atoms with van der Waals surface area (Å²) in [6.07, 6.45) is 1.74. The molecule has 5 nitrogen and oxygen atoms in total. The summed E-state index contributed by atoms with van der Waals surface area (Å²) >= 11 is 0. The van der Waals surface area contributed by atoms with Crippen LogP contribution in [-0.4, -0.2) is 27.2 Å². The van der Waals surface area contributed by atoms with Crippen LogP contribution in [-0.2, 0) is 0 Å². The van der Waals surface area contributed by atoms with Gasteiger partial charge in [0.2, 0.25) is 0 Å². The molecule has 1 fully saturated rings. The van der Waals surface area contributed by atoms with E-state index in [1.165, 1.54) is 0 Å². The van der Waals surface area contributed by atoms with Crippen molar-refractivity contribution in [2.24, 2.45) is 0 Å². The van der Waals surface area contributed by atoms with Crippen LogP contribution in [0.15, 0.2) is 77.7 Å². The summed E-state index contributed by atoms with van der Waals surface area (Å²) in [7, 11) is 0. The molecule has 0 amide bonds. The van der Waals surface area contributed by atoms with Crippen molar-refractivity contribution in [3.8, 4) is 16.8 Å². The van der Waals surface area contributed by atoms with Gasteiger partial charge < -0.3 is 5.32 Å². The van der Waals surface area contributed by atoms with Crippen LogP contribution in [0.1, 0.15) is 6.04 Å². The molecule has 1 N–H and O–H groups in total. The fourth-order valence-corrected chi connectivity index (χ4v) is 3.52. The summed E-state index contributed by atoms with van der Waals surface area (Å²) in [6.45, 7) is 1.62. The summed E-state index contributed by atoms with van der Waals surface area (Å²) in [6, 6.07) is 22.3. The summed E-state index contributed by atoms with van der Waals surface area (Å²) < 4.78 is 3.58. The molecule has 2 aromatic carbocycles. The Hall–Kier alpha value is -3.18. The molecular formula is C21H18N4O. The van der Waals surface area contributed by atoms with Crippen molar-refractivity contribution in [2.45, 2.75) is 6.04 Å². The lowest BCUT2D eigenvalue weighted by Gasteiger charge is -2.27. The first-order valence-corrected chi connectivity index (χ1v) is 8.77. The molecule has 3 heterocycles. The maximum atomic E-state index is 13.1. The van der Waals surface area contributed by atoms with Crippen LogP contribution in [0.25, 0.3) is 28.0 Å². The van der Waals surface area contributed by atoms with E-state index in [4.69, 9.17) is 0 Å². The first-order valence-electron chi connectivity index (χ1n) is 8.77. The van der Waals surface area contributed by atoms with Crippen LogP contribution < -0.4 is 11.0 Å². The minimum Gasteiger partial charge on any atom is -0.313 e. The highest BCUT2D eigenvalue weighted by molar-refractivity contribution is 5.75. The van der Waals surface area contributed by atoms with Crippen LogP contribution in [0.4, 0.5) is 0 Å². The van der Waals surface area contributed by atoms with E-state index in [0.717, 1.165) is 41.1 Å². The number of imidazole rings is 1. The molecule has 5 rings (SSSR count). The molecule has 0 saturated carbocycles. The Bertz CT molecular complexity index is 1120. The first kappa shape index (κ1) is 15.1. The fraction of sp³-hybridized carbons (Fsp3) is 0.143. The highest BCUT2D eigenvalue weighted by Gasteiger charge is 2.26. The highest BCUT2D eigenvalue weighted by Crippen LogP contribution is 2.23. The van der Waals surface area contributed by atoms with Gasteiger partial charge in [-0.05, 0) is 35.4 Å². The number of nitrogens with one attached hydrogen (secondary N) is 1. The maximum Gasteiger partial charge on any atom is 0.335 e. The van der Waals surface area contributed by atoms with Crippen LogP contribution in [0.5, 0.6) is 0 Å². The third-order valence-corrected chi connectivity index (χ3v) is 4.99. The molecule has 0 spiro atoms. The van der Waals surface area contributed by atoms with E-state index in [2.05, 4.69) is 34.6 Å². The Morgan fingerprint density at radius 3 is 2.31 bits per heavy atom. The second kappa shape index (κ2) is 5.97. The smallest absolute Gasteiger partial charge is 0.313 e. The molecule has 5 heteroatoms. The lowest BCUT2D eigenvalue weighted by atomic mass is 10.1. The third-order valence-electron chi connectivity index (χ3n) is 4.99. The van der Waals surface area contributed by atoms with Crippen molar-refractivity contribution in [2.75, 3.05) is 13.1 Å². The van der Waals surface area contributed by atoms with Crippen LogP contribution >= 0.6 is 0 Å². The minimum atomic E-state index is -0.0299. The molecule has 0 bridgehead atoms. The van der Waals surface area contributed by atoms with E-state index in [1.807, 2.05) is 47.0 Å². The number of rotatable bonds is 3. The van der Waals surface area contributed by atoms with Crippen LogP contribution in [0.2, 0.25) is 0 Å². The highest BCUT2D eigenvalue weighted by atomic mass is 16.2. The zero-order chi connectivity index (χ0) is 17.5. The van der Waals surface area contributed by atoms with E-state index < -0.39 is 0 Å². The van der Waals surface area contributed by atoms with Crippen LogP contribution in [0.3, 0.4) is 0 Å². The summed E-state index contributed by atoms with van der Waals surface area (Å²) in [5.74, 6) is 0. The molecule has 0 atom stereocenters. The molecule has 1 aliphatic heterocycles. The van der Waals surface area contributed by atoms with E-state index in [1.54, 1.807) is 10.8 Å². The Labute approximate surface area is 150 Å². The van der Waals surface area contributed by atoms with Crippen molar-refractivity contribution in [1.29, 1.82) is 0 Å². The van der Waals surface area contributed by atoms with Gasteiger partial charge in [0.1, 0.15) is 0 Å². The van der Waals surface area contributed by atoms with E-state index in [-0.39, 0.29) is 11.7 Å². The van der Waals surface area contributed by atoms with Gasteiger partial charge >= 0.3 is 5.69 Å². The largest absolute Gasteiger partial charge is 0.335 e. The van der Waals surface area contributed by atoms with E-state index in [0.29, 0.717) is 0 Å². The van der Waals surface area contributed by atoms with E-state index >= 15 is 0 Å². The number of aromatic nitrogens is 3. The monoisotopic (exact) mass is 342 g/mol. The number of pyridine rings is 1. The molecule has 26 heavy (non-hydrogen) atoms. The molecule has 0 aliphatic carbocycles. The van der Waals surface area contributed by atoms with Gasteiger partial charge in [-0.2, -0.15) is 0 Å². The molecular weight excluding hydrogens is 324 g/mol. The van der Waals surface area contributed by atoms with Gasteiger partial charge in [0, 0.05) is 19.3 Å². The quantitative estimate of drug-likeness (QED) is 0.623. The average molecular weight is 342 g/mol. The summed E-state index contributed by atoms with van der Waals surface area (Å²) in [5, 5.41) is 3.23. The van der Waals surface area contributed by atoms with Gasteiger partial charge in [-0.1, -0.05) is 42.5 Å². The normalized spacial score (nSPS) is 14.5. The number of benzene rings is 2. The number of hydrogen-bond donors (Lipinski definition) is 1. The molecule has 0 radical (unpaired) electrons. The lowest BCUT2D eigenvalue weighted by Crippen LogP contribution is -2.47. The van der Waals surface area contributed by atoms with Crippen molar-refractivity contribution in [3.05, 3.63) is 83.4 Å². The van der Waals surface area contributed by atoms with Gasteiger partial charge in [0.25, 0.3) is 0 Å². The van der Waals surface area contributed by atoms with Gasteiger partial charge in [-0.3, -0.25) is 9.13 Å². The van der Waals surface area contributed by atoms with Gasteiger partial charge in [-0.25, -0.2) is 9.78 Å². The van der Waals surface area contributed by atoms with Crippen LogP contribution in [0, 0.1) is 0 Å². The number of nitrogens with zero attached hydrogens (tertiary/aromatic N) is 3. The molecule has 0 unspecified atom stereocenters. The summed E-state index contributed by atoms with van der Waals surface area (Å²) in [4.78, 5) is 17.6. The molecule has 4 aromatic rings. The van der Waals surface area contributed by atoms with Crippen molar-refractivity contribution >= 4 is 11.2 Å². The number of hydrogen-bond acceptors (Lipinski definition) is 3. The molecule has 2 aromatic heterocycles. The second-order valence-electron chi connectivity index (χ2n) is 6.56. The Kier molecular flexibility index (Phi) is 3.47. The predicted octanol–water partition coefficient (Wildman–Crippen LogP) is 3.00. The predicted molar refractivity (Wildman–Crippen MR) is 103 cm³/mol. The average Bonchev–Trinajstić information content (AvgIpc) is 2.94. The molecule has 128 valence electrons. The Balaban J connectivity index is 1.65. The molecule has 1 saturated heterocycles. The second-order valence-corrected chi connectivity index (χ2v) is 6.56. The topological polar surface area (TPSA) is 51.9 Å². The van der Waals surface area contributed by atoms with Gasteiger partial charge in [-0.15, -0.1) is 0 Å². The molecule has 1 aliphatic rings. The van der Waals surface area contributed by atoms with Crippen molar-refractivity contribution in [1.82, 2.24) is 19.4 Å². The summed E-state index contributed by atoms with van der Waals surface area (Å²) in [5.41, 5.74) is 4.72. The standard InChI is InChI=1S/C21H18N4O/c26-21-24(17-10-8-16(9-11-17)15-5-2-1-3-6-15)19-7-4-12-23-20(19)25(21)18-13-22-14-18/h1-12,18,22H,13-14H2. The Morgan fingerprint density at radius 1 is 0.885 bits per heavy atom. The fourth-order valence-electron chi connectivity index (χ4n) is 3.52. The lowest BCUT2D eigenvalue weighted by molar-refractivity contribution is 0.341. The zero-order valence-electron chi connectivity index (χ0n) is 14.2. The van der Waals surface area contributed by atoms with Gasteiger partial charge in [0.15, 0.2) is 5.65 Å². The third kappa shape index (κ3) is 2.29. The van der Waals surface area contributed by atoms with E-state index in [9.17, 15) is 4.79 Å². The Morgan fingerprint density at radius 2 is 1.62 bits per heavy atom. The zero-order valence-corrected chi connectivity index (χ0v) is 14.2. The first-order chi connectivity index (χ1) is 12.8. The SMILES string of the molecule is O=c1n(-c2ccc(-c3ccccc3)cc2)c2cccnc2n1C1CNC1. The van der Waals surface area contributed by atoms with Gasteiger partial charge in [0.05, 0.1) is 17.2 Å².